The van der Waals surface area contributed by atoms with Gasteiger partial charge in [-0.15, -0.1) is 0 Å². The number of rotatable bonds is 2. The van der Waals surface area contributed by atoms with Gasteiger partial charge in [0.1, 0.15) is 0 Å². The Morgan fingerprint density at radius 2 is 1.41 bits per heavy atom. The first-order valence-corrected chi connectivity index (χ1v) is 11.9. The molecule has 0 saturated heterocycles. The van der Waals surface area contributed by atoms with Crippen LogP contribution in [0.5, 0.6) is 0 Å². The van der Waals surface area contributed by atoms with Gasteiger partial charge in [-0.3, -0.25) is 0 Å². The molecule has 0 amide bonds. The van der Waals surface area contributed by atoms with Crippen molar-refractivity contribution in [3.05, 3.63) is 80.5 Å². The smallest absolute Gasteiger partial charge is 0.338 e. The lowest BCUT2D eigenvalue weighted by molar-refractivity contribution is -0.138. The van der Waals surface area contributed by atoms with Crippen LogP contribution in [-0.2, 0) is 9.53 Å². The number of allylic oxidation sites excluding steroid dienone is 12. The number of esters is 1. The molecular formula is C29H35ClO2. The van der Waals surface area contributed by atoms with Crippen LogP contribution in [0.1, 0.15) is 62.3 Å². The van der Waals surface area contributed by atoms with Crippen molar-refractivity contribution < 1.29 is 9.53 Å². The second-order valence-electron chi connectivity index (χ2n) is 11.7. The molecule has 3 heteroatoms. The van der Waals surface area contributed by atoms with Gasteiger partial charge in [-0.2, -0.15) is 0 Å². The lowest BCUT2D eigenvalue weighted by atomic mass is 9.44. The molecule has 0 aromatic heterocycles. The fraction of sp³-hybridized carbons (Fsp3) is 0.483. The van der Waals surface area contributed by atoms with Gasteiger partial charge in [0, 0.05) is 15.9 Å². The SMILES string of the molecule is CCOC(=O)C1=CC2=CC(C(C)(C)C)=CC3=CC(Cl)=C4C=C(C(C)(C)C)C=C1[C@@]4(C)[C@]23C. The van der Waals surface area contributed by atoms with Gasteiger partial charge < -0.3 is 4.74 Å². The maximum atomic E-state index is 13.2. The largest absolute Gasteiger partial charge is 0.462 e. The van der Waals surface area contributed by atoms with Crippen molar-refractivity contribution >= 4 is 17.6 Å². The Kier molecular flexibility index (Phi) is 5.03. The molecule has 4 aliphatic carbocycles. The molecule has 4 rings (SSSR count). The summed E-state index contributed by atoms with van der Waals surface area (Å²) < 4.78 is 5.54. The maximum absolute atomic E-state index is 13.2. The van der Waals surface area contributed by atoms with E-state index in [1.54, 1.807) is 0 Å². The molecule has 0 saturated carbocycles. The molecule has 0 aromatic carbocycles. The zero-order chi connectivity index (χ0) is 23.9. The Balaban J connectivity index is 2.12. The average Bonchev–Trinajstić information content (AvgIpc) is 2.65. The lowest BCUT2D eigenvalue weighted by Gasteiger charge is -2.58. The van der Waals surface area contributed by atoms with Crippen LogP contribution >= 0.6 is 11.6 Å². The van der Waals surface area contributed by atoms with Crippen LogP contribution in [-0.4, -0.2) is 12.6 Å². The predicted molar refractivity (Wildman–Crippen MR) is 133 cm³/mol. The first kappa shape index (κ1) is 23.1. The van der Waals surface area contributed by atoms with Gasteiger partial charge in [0.05, 0.1) is 12.2 Å². The molecule has 32 heavy (non-hydrogen) atoms. The van der Waals surface area contributed by atoms with Gasteiger partial charge in [-0.25, -0.2) is 4.79 Å². The second-order valence-corrected chi connectivity index (χ2v) is 12.2. The molecule has 0 aliphatic heterocycles. The molecule has 2 atom stereocenters. The Hall–Kier alpha value is -2.06. The number of hydrogen-bond donors (Lipinski definition) is 0. The molecule has 170 valence electrons. The number of carbonyl (C=O) groups is 1. The average molecular weight is 451 g/mol. The topological polar surface area (TPSA) is 26.3 Å². The van der Waals surface area contributed by atoms with Crippen molar-refractivity contribution in [2.75, 3.05) is 6.61 Å². The van der Waals surface area contributed by atoms with Gasteiger partial charge in [0.2, 0.25) is 0 Å². The minimum absolute atomic E-state index is 0.0214. The summed E-state index contributed by atoms with van der Waals surface area (Å²) in [5, 5.41) is 0.753. The van der Waals surface area contributed by atoms with E-state index < -0.39 is 5.41 Å². The Labute approximate surface area is 198 Å². The van der Waals surface area contributed by atoms with Gasteiger partial charge in [0.15, 0.2) is 0 Å². The number of hydrogen-bond acceptors (Lipinski definition) is 2. The summed E-state index contributed by atoms with van der Waals surface area (Å²) in [5.74, 6) is -0.267. The summed E-state index contributed by atoms with van der Waals surface area (Å²) >= 11 is 7.01. The van der Waals surface area contributed by atoms with E-state index in [4.69, 9.17) is 16.3 Å². The quantitative estimate of drug-likeness (QED) is 0.402. The van der Waals surface area contributed by atoms with Crippen molar-refractivity contribution in [3.8, 4) is 0 Å². The molecular weight excluding hydrogens is 416 g/mol. The van der Waals surface area contributed by atoms with Crippen LogP contribution in [0.4, 0.5) is 0 Å². The lowest BCUT2D eigenvalue weighted by Crippen LogP contribution is -2.50. The zero-order valence-electron chi connectivity index (χ0n) is 20.9. The van der Waals surface area contributed by atoms with Crippen molar-refractivity contribution in [1.29, 1.82) is 0 Å². The molecule has 2 nitrogen and oxygen atoms in total. The number of ether oxygens (including phenoxy) is 1. The standard InChI is InChI=1S/C29H35ClO2/c1-10-32-25(31)21-13-19-11-17(26(2,3)4)12-20-16-24(30)23-15-18(27(5,6)7)14-22(21)29(23,9)28(19,20)8/h11-16H,10H2,1-9H3/t28-,29-/m1/s1. The van der Waals surface area contributed by atoms with Crippen molar-refractivity contribution in [1.82, 2.24) is 0 Å². The Morgan fingerprint density at radius 3 is 1.97 bits per heavy atom. The van der Waals surface area contributed by atoms with E-state index in [0.29, 0.717) is 12.2 Å². The third kappa shape index (κ3) is 3.02. The van der Waals surface area contributed by atoms with Crippen molar-refractivity contribution in [3.63, 3.8) is 0 Å². The molecule has 0 radical (unpaired) electrons. The highest BCUT2D eigenvalue weighted by atomic mass is 35.5. The molecule has 4 aliphatic rings. The molecule has 0 heterocycles. The van der Waals surface area contributed by atoms with E-state index in [1.807, 2.05) is 6.92 Å². The summed E-state index contributed by atoms with van der Waals surface area (Å²) in [5.41, 5.74) is 6.61. The fourth-order valence-electron chi connectivity index (χ4n) is 5.45. The van der Waals surface area contributed by atoms with Gasteiger partial charge >= 0.3 is 5.97 Å². The maximum Gasteiger partial charge on any atom is 0.338 e. The van der Waals surface area contributed by atoms with E-state index in [0.717, 1.165) is 21.8 Å². The monoisotopic (exact) mass is 450 g/mol. The number of carbonyl (C=O) groups excluding carboxylic acids is 1. The van der Waals surface area contributed by atoms with E-state index in [2.05, 4.69) is 91.8 Å². The first-order chi connectivity index (χ1) is 14.7. The fourth-order valence-corrected chi connectivity index (χ4v) is 5.81. The van der Waals surface area contributed by atoms with Gasteiger partial charge in [-0.05, 0) is 63.3 Å². The normalized spacial score (nSPS) is 29.2. The third-order valence-corrected chi connectivity index (χ3v) is 8.12. The molecule has 0 aromatic rings. The third-order valence-electron chi connectivity index (χ3n) is 7.81. The molecule has 0 fully saturated rings. The summed E-state index contributed by atoms with van der Waals surface area (Å²) in [6.07, 6.45) is 13.3. The zero-order valence-corrected chi connectivity index (χ0v) is 21.6. The van der Waals surface area contributed by atoms with Crippen LogP contribution in [0, 0.1) is 21.7 Å². The highest BCUT2D eigenvalue weighted by molar-refractivity contribution is 6.32. The molecule has 0 bridgehead atoms. The number of halogens is 1. The molecule has 0 N–H and O–H groups in total. The predicted octanol–water partition coefficient (Wildman–Crippen LogP) is 7.76. The highest BCUT2D eigenvalue weighted by Gasteiger charge is 2.60. The van der Waals surface area contributed by atoms with Crippen LogP contribution in [0.25, 0.3) is 0 Å². The summed E-state index contributed by atoms with van der Waals surface area (Å²) in [4.78, 5) is 13.2. The minimum Gasteiger partial charge on any atom is -0.462 e. The second kappa shape index (κ2) is 6.97. The van der Waals surface area contributed by atoms with E-state index in [-0.39, 0.29) is 22.2 Å². The van der Waals surface area contributed by atoms with Crippen LogP contribution in [0.15, 0.2) is 80.5 Å². The van der Waals surface area contributed by atoms with E-state index >= 15 is 0 Å². The van der Waals surface area contributed by atoms with Crippen LogP contribution < -0.4 is 0 Å². The molecule has 0 unspecified atom stereocenters. The van der Waals surface area contributed by atoms with Gasteiger partial charge in [0.25, 0.3) is 0 Å². The van der Waals surface area contributed by atoms with Crippen molar-refractivity contribution in [2.24, 2.45) is 21.7 Å². The first-order valence-electron chi connectivity index (χ1n) is 11.6. The Bertz CT molecular complexity index is 1130. The Morgan fingerprint density at radius 1 is 0.844 bits per heavy atom. The minimum atomic E-state index is -0.467. The van der Waals surface area contributed by atoms with E-state index in [1.165, 1.54) is 16.7 Å². The summed E-state index contributed by atoms with van der Waals surface area (Å²) in [6.45, 7) is 20.0. The highest BCUT2D eigenvalue weighted by Crippen LogP contribution is 2.69. The molecule has 0 spiro atoms. The summed E-state index contributed by atoms with van der Waals surface area (Å²) in [7, 11) is 0. The van der Waals surface area contributed by atoms with Crippen LogP contribution in [0.2, 0.25) is 0 Å². The summed E-state index contributed by atoms with van der Waals surface area (Å²) in [6, 6.07) is 0. The van der Waals surface area contributed by atoms with Gasteiger partial charge in [-0.1, -0.05) is 91.3 Å². The van der Waals surface area contributed by atoms with Crippen molar-refractivity contribution in [2.45, 2.75) is 62.3 Å². The van der Waals surface area contributed by atoms with Crippen LogP contribution in [0.3, 0.4) is 0 Å². The van der Waals surface area contributed by atoms with E-state index in [9.17, 15) is 4.79 Å².